The molecule has 2 aliphatic heterocycles. The molecule has 19 heavy (non-hydrogen) atoms. The molecule has 0 amide bonds. The smallest absolute Gasteiger partial charge is 0.147 e. The average Bonchev–Trinajstić information content (AvgIpc) is 2.75. The highest BCUT2D eigenvalue weighted by Gasteiger charge is 2.34. The zero-order valence-corrected chi connectivity index (χ0v) is 11.7. The van der Waals surface area contributed by atoms with Crippen LogP contribution in [-0.4, -0.2) is 41.3 Å². The van der Waals surface area contributed by atoms with Gasteiger partial charge in [-0.1, -0.05) is 13.8 Å². The maximum atomic E-state index is 5.86. The van der Waals surface area contributed by atoms with E-state index in [9.17, 15) is 0 Å². The molecule has 2 unspecified atom stereocenters. The molecule has 5 nitrogen and oxygen atoms in total. The Balaban J connectivity index is 1.68. The number of fused-ring (bicyclic) bond motifs is 2. The minimum atomic E-state index is 0.387. The Kier molecular flexibility index (Phi) is 3.66. The third kappa shape index (κ3) is 3.04. The van der Waals surface area contributed by atoms with E-state index in [-0.39, 0.29) is 0 Å². The van der Waals surface area contributed by atoms with Crippen molar-refractivity contribution in [1.29, 1.82) is 0 Å². The number of aromatic nitrogens is 2. The van der Waals surface area contributed by atoms with Gasteiger partial charge in [-0.25, -0.2) is 4.98 Å². The second-order valence-electron chi connectivity index (χ2n) is 5.77. The van der Waals surface area contributed by atoms with Crippen LogP contribution in [0.25, 0.3) is 0 Å². The minimum Gasteiger partial charge on any atom is -0.371 e. The molecule has 2 fully saturated rings. The van der Waals surface area contributed by atoms with E-state index in [4.69, 9.17) is 9.72 Å². The summed E-state index contributed by atoms with van der Waals surface area (Å²) in [6.07, 6.45) is 6.85. The Morgan fingerprint density at radius 3 is 2.74 bits per heavy atom. The molecule has 0 radical (unpaired) electrons. The van der Waals surface area contributed by atoms with Crippen molar-refractivity contribution in [2.45, 2.75) is 51.5 Å². The Bertz CT molecular complexity index is 425. The Hall–Kier alpha value is -1.20. The van der Waals surface area contributed by atoms with Crippen LogP contribution in [0, 0.1) is 0 Å². The highest BCUT2D eigenvalue weighted by atomic mass is 16.5. The number of ether oxygens (including phenoxy) is 1. The number of anilines is 1. The normalized spacial score (nSPS) is 26.2. The third-order valence-electron chi connectivity index (χ3n) is 3.73. The summed E-state index contributed by atoms with van der Waals surface area (Å²) in [6.45, 7) is 6.95. The average molecular weight is 262 g/mol. The van der Waals surface area contributed by atoms with Crippen molar-refractivity contribution in [3.05, 3.63) is 18.1 Å². The Morgan fingerprint density at radius 2 is 2.05 bits per heavy atom. The van der Waals surface area contributed by atoms with Crippen molar-refractivity contribution in [2.24, 2.45) is 0 Å². The Labute approximate surface area is 114 Å². The maximum Gasteiger partial charge on any atom is 0.147 e. The molecule has 2 atom stereocenters. The zero-order valence-electron chi connectivity index (χ0n) is 11.7. The van der Waals surface area contributed by atoms with E-state index in [0.29, 0.717) is 18.2 Å². The summed E-state index contributed by atoms with van der Waals surface area (Å²) in [5.74, 6) is 0.989. The van der Waals surface area contributed by atoms with Crippen LogP contribution < -0.4 is 10.2 Å². The van der Waals surface area contributed by atoms with Crippen LogP contribution in [0.15, 0.2) is 12.4 Å². The lowest BCUT2D eigenvalue weighted by Gasteiger charge is -2.32. The lowest BCUT2D eigenvalue weighted by Crippen LogP contribution is -2.43. The molecule has 2 aliphatic rings. The van der Waals surface area contributed by atoms with E-state index >= 15 is 0 Å². The van der Waals surface area contributed by atoms with E-state index in [2.05, 4.69) is 29.0 Å². The molecular weight excluding hydrogens is 240 g/mol. The van der Waals surface area contributed by atoms with Crippen LogP contribution in [-0.2, 0) is 11.3 Å². The monoisotopic (exact) mass is 262 g/mol. The summed E-state index contributed by atoms with van der Waals surface area (Å²) in [5.41, 5.74) is 1.00. The van der Waals surface area contributed by atoms with Crippen molar-refractivity contribution in [3.8, 4) is 0 Å². The van der Waals surface area contributed by atoms with Gasteiger partial charge in [0.1, 0.15) is 5.82 Å². The van der Waals surface area contributed by atoms with Crippen molar-refractivity contribution in [1.82, 2.24) is 15.3 Å². The lowest BCUT2D eigenvalue weighted by molar-refractivity contribution is 0.0302. The summed E-state index contributed by atoms with van der Waals surface area (Å²) < 4.78 is 5.86. The number of morpholine rings is 1. The number of nitrogens with one attached hydrogen (secondary N) is 1. The first-order valence-electron chi connectivity index (χ1n) is 7.15. The van der Waals surface area contributed by atoms with Crippen LogP contribution in [0.5, 0.6) is 0 Å². The fourth-order valence-corrected chi connectivity index (χ4v) is 2.74. The van der Waals surface area contributed by atoms with Gasteiger partial charge in [-0.2, -0.15) is 0 Å². The van der Waals surface area contributed by atoms with Gasteiger partial charge in [0.05, 0.1) is 24.1 Å². The second-order valence-corrected chi connectivity index (χ2v) is 5.77. The number of hydrogen-bond acceptors (Lipinski definition) is 5. The Morgan fingerprint density at radius 1 is 1.32 bits per heavy atom. The topological polar surface area (TPSA) is 50.3 Å². The maximum absolute atomic E-state index is 5.86. The van der Waals surface area contributed by atoms with E-state index in [1.54, 1.807) is 0 Å². The van der Waals surface area contributed by atoms with Gasteiger partial charge in [0.25, 0.3) is 0 Å². The van der Waals surface area contributed by atoms with E-state index in [1.807, 2.05) is 12.4 Å². The van der Waals surface area contributed by atoms with Gasteiger partial charge in [0.15, 0.2) is 0 Å². The molecule has 5 heteroatoms. The van der Waals surface area contributed by atoms with Gasteiger partial charge < -0.3 is 15.0 Å². The SMILES string of the molecule is CC(C)NCc1cncc(N2CC3CCC(C2)O3)n1. The van der Waals surface area contributed by atoms with Gasteiger partial charge in [0, 0.05) is 31.9 Å². The number of rotatable bonds is 4. The molecule has 1 aromatic rings. The van der Waals surface area contributed by atoms with Crippen molar-refractivity contribution < 1.29 is 4.74 Å². The van der Waals surface area contributed by atoms with Gasteiger partial charge in [0.2, 0.25) is 0 Å². The van der Waals surface area contributed by atoms with Crippen LogP contribution in [0.3, 0.4) is 0 Å². The predicted molar refractivity (Wildman–Crippen MR) is 74.1 cm³/mol. The number of nitrogens with zero attached hydrogens (tertiary/aromatic N) is 3. The standard InChI is InChI=1S/C14H22N4O/c1-10(2)16-6-11-5-15-7-14(17-11)18-8-12-3-4-13(9-18)19-12/h5,7,10,12-13,16H,3-4,6,8-9H2,1-2H3. The van der Waals surface area contributed by atoms with Crippen LogP contribution in [0.4, 0.5) is 5.82 Å². The van der Waals surface area contributed by atoms with E-state index in [0.717, 1.165) is 31.1 Å². The molecule has 3 rings (SSSR count). The minimum absolute atomic E-state index is 0.387. The first kappa shape index (κ1) is 12.8. The molecule has 2 saturated heterocycles. The first-order chi connectivity index (χ1) is 9.20. The quantitative estimate of drug-likeness (QED) is 0.887. The van der Waals surface area contributed by atoms with E-state index < -0.39 is 0 Å². The van der Waals surface area contributed by atoms with Crippen LogP contribution >= 0.6 is 0 Å². The summed E-state index contributed by atoms with van der Waals surface area (Å²) >= 11 is 0. The summed E-state index contributed by atoms with van der Waals surface area (Å²) in [5, 5.41) is 3.38. The van der Waals surface area contributed by atoms with Crippen LogP contribution in [0.1, 0.15) is 32.4 Å². The largest absolute Gasteiger partial charge is 0.371 e. The third-order valence-corrected chi connectivity index (χ3v) is 3.73. The molecule has 0 spiro atoms. The highest BCUT2D eigenvalue weighted by molar-refractivity contribution is 5.38. The molecular formula is C14H22N4O. The molecule has 0 saturated carbocycles. The molecule has 0 aromatic carbocycles. The lowest BCUT2D eigenvalue weighted by atomic mass is 10.2. The fourth-order valence-electron chi connectivity index (χ4n) is 2.74. The van der Waals surface area contributed by atoms with Crippen molar-refractivity contribution in [2.75, 3.05) is 18.0 Å². The van der Waals surface area contributed by atoms with Crippen molar-refractivity contribution >= 4 is 5.82 Å². The second kappa shape index (κ2) is 5.43. The van der Waals surface area contributed by atoms with Gasteiger partial charge in [-0.3, -0.25) is 4.98 Å². The molecule has 1 aromatic heterocycles. The predicted octanol–water partition coefficient (Wildman–Crippen LogP) is 1.34. The molecule has 2 bridgehead atoms. The highest BCUT2D eigenvalue weighted by Crippen LogP contribution is 2.28. The first-order valence-corrected chi connectivity index (χ1v) is 7.15. The van der Waals surface area contributed by atoms with Crippen LogP contribution in [0.2, 0.25) is 0 Å². The summed E-state index contributed by atoms with van der Waals surface area (Å²) in [4.78, 5) is 11.4. The number of hydrogen-bond donors (Lipinski definition) is 1. The van der Waals surface area contributed by atoms with Crippen molar-refractivity contribution in [3.63, 3.8) is 0 Å². The molecule has 104 valence electrons. The van der Waals surface area contributed by atoms with Gasteiger partial charge in [-0.05, 0) is 12.8 Å². The van der Waals surface area contributed by atoms with Gasteiger partial charge >= 0.3 is 0 Å². The fraction of sp³-hybridized carbons (Fsp3) is 0.714. The molecule has 3 heterocycles. The molecule has 0 aliphatic carbocycles. The summed E-state index contributed by atoms with van der Waals surface area (Å²) in [6, 6.07) is 0.463. The van der Waals surface area contributed by atoms with Gasteiger partial charge in [-0.15, -0.1) is 0 Å². The summed E-state index contributed by atoms with van der Waals surface area (Å²) in [7, 11) is 0. The molecule has 1 N–H and O–H groups in total. The van der Waals surface area contributed by atoms with E-state index in [1.165, 1.54) is 12.8 Å². The zero-order chi connectivity index (χ0) is 13.2.